The van der Waals surface area contributed by atoms with Gasteiger partial charge in [-0.05, 0) is 68.9 Å². The molecule has 1 amide bonds. The highest BCUT2D eigenvalue weighted by Gasteiger charge is 2.28. The maximum absolute atomic E-state index is 12.5. The van der Waals surface area contributed by atoms with E-state index in [0.29, 0.717) is 6.04 Å². The monoisotopic (exact) mass is 387 g/mol. The van der Waals surface area contributed by atoms with E-state index in [1.54, 1.807) is 0 Å². The number of anilines is 1. The summed E-state index contributed by atoms with van der Waals surface area (Å²) >= 11 is 6.03. The van der Waals surface area contributed by atoms with Crippen LogP contribution in [0, 0.1) is 5.92 Å². The molecule has 2 aliphatic rings. The van der Waals surface area contributed by atoms with Crippen molar-refractivity contribution in [1.29, 1.82) is 0 Å². The van der Waals surface area contributed by atoms with Gasteiger partial charge in [0.05, 0.1) is 5.52 Å². The van der Waals surface area contributed by atoms with Crippen molar-refractivity contribution in [3.8, 4) is 0 Å². The van der Waals surface area contributed by atoms with Crippen LogP contribution >= 0.6 is 11.6 Å². The number of hydrogen-bond donors (Lipinski definition) is 2. The molecule has 1 aromatic carbocycles. The zero-order valence-electron chi connectivity index (χ0n) is 15.4. The van der Waals surface area contributed by atoms with Crippen LogP contribution in [0.15, 0.2) is 30.3 Å². The second kappa shape index (κ2) is 8.44. The predicted octanol–water partition coefficient (Wildman–Crippen LogP) is 4.15. The third kappa shape index (κ3) is 4.71. The van der Waals surface area contributed by atoms with E-state index < -0.39 is 0 Å². The van der Waals surface area contributed by atoms with Gasteiger partial charge in [0.15, 0.2) is 0 Å². The van der Waals surface area contributed by atoms with Gasteiger partial charge in [0.25, 0.3) is 0 Å². The number of aromatic nitrogens is 1. The van der Waals surface area contributed by atoms with Gasteiger partial charge in [0, 0.05) is 41.6 Å². The minimum absolute atomic E-state index is 0.137. The summed E-state index contributed by atoms with van der Waals surface area (Å²) in [5.74, 6) is 1.25. The third-order valence-electron chi connectivity index (χ3n) is 5.67. The number of halogens is 1. The number of hydrogen-bond acceptors (Lipinski definition) is 4. The molecule has 0 bridgehead atoms. The Morgan fingerprint density at radius 3 is 2.56 bits per heavy atom. The van der Waals surface area contributed by atoms with Gasteiger partial charge in [-0.15, -0.1) is 0 Å². The Morgan fingerprint density at radius 2 is 1.78 bits per heavy atom. The summed E-state index contributed by atoms with van der Waals surface area (Å²) in [6.07, 6.45) is 5.70. The fraction of sp³-hybridized carbons (Fsp3) is 0.524. The summed E-state index contributed by atoms with van der Waals surface area (Å²) in [7, 11) is 0. The Hall–Kier alpha value is -1.85. The lowest BCUT2D eigenvalue weighted by atomic mass is 9.85. The zero-order valence-corrected chi connectivity index (χ0v) is 16.2. The average Bonchev–Trinajstić information content (AvgIpc) is 2.69. The Kier molecular flexibility index (Phi) is 5.79. The lowest BCUT2D eigenvalue weighted by Gasteiger charge is -2.31. The molecule has 1 saturated carbocycles. The van der Waals surface area contributed by atoms with Gasteiger partial charge in [-0.2, -0.15) is 0 Å². The highest BCUT2D eigenvalue weighted by Crippen LogP contribution is 2.28. The highest BCUT2D eigenvalue weighted by atomic mass is 35.5. The van der Waals surface area contributed by atoms with E-state index in [-0.39, 0.29) is 17.9 Å². The molecule has 6 heteroatoms. The molecule has 0 radical (unpaired) electrons. The van der Waals surface area contributed by atoms with Crippen LogP contribution in [-0.2, 0) is 9.53 Å². The molecule has 1 saturated heterocycles. The molecule has 0 unspecified atom stereocenters. The molecule has 2 heterocycles. The molecule has 2 aromatic rings. The summed E-state index contributed by atoms with van der Waals surface area (Å²) in [5.41, 5.74) is 0.939. The molecule has 1 aliphatic heterocycles. The summed E-state index contributed by atoms with van der Waals surface area (Å²) in [5, 5.41) is 8.52. The van der Waals surface area contributed by atoms with Crippen LogP contribution in [0.25, 0.3) is 10.9 Å². The first-order valence-corrected chi connectivity index (χ1v) is 10.3. The Morgan fingerprint density at radius 1 is 1.00 bits per heavy atom. The predicted molar refractivity (Wildman–Crippen MR) is 108 cm³/mol. The molecule has 144 valence electrons. The quantitative estimate of drug-likeness (QED) is 0.827. The SMILES string of the molecule is O=C(NC1CCOCC1)C1CCC(Nc2ccc3cc(Cl)ccc3n2)CC1. The number of pyridine rings is 1. The highest BCUT2D eigenvalue weighted by molar-refractivity contribution is 6.31. The number of nitrogens with zero attached hydrogens (tertiary/aromatic N) is 1. The van der Waals surface area contributed by atoms with Gasteiger partial charge in [-0.3, -0.25) is 4.79 Å². The minimum Gasteiger partial charge on any atom is -0.381 e. The van der Waals surface area contributed by atoms with Crippen LogP contribution in [0.1, 0.15) is 38.5 Å². The van der Waals surface area contributed by atoms with Crippen molar-refractivity contribution in [1.82, 2.24) is 10.3 Å². The molecule has 5 nitrogen and oxygen atoms in total. The van der Waals surface area contributed by atoms with E-state index in [1.807, 2.05) is 30.3 Å². The second-order valence-corrected chi connectivity index (χ2v) is 8.06. The van der Waals surface area contributed by atoms with Crippen molar-refractivity contribution in [2.24, 2.45) is 5.92 Å². The third-order valence-corrected chi connectivity index (χ3v) is 5.90. The fourth-order valence-corrected chi connectivity index (χ4v) is 4.23. The lowest BCUT2D eigenvalue weighted by Crippen LogP contribution is -2.43. The van der Waals surface area contributed by atoms with E-state index in [2.05, 4.69) is 15.6 Å². The van der Waals surface area contributed by atoms with E-state index in [9.17, 15) is 4.79 Å². The zero-order chi connectivity index (χ0) is 18.6. The average molecular weight is 388 g/mol. The molecule has 0 atom stereocenters. The molecule has 1 aliphatic carbocycles. The van der Waals surface area contributed by atoms with Crippen LogP contribution < -0.4 is 10.6 Å². The number of rotatable bonds is 4. The van der Waals surface area contributed by atoms with Crippen LogP contribution in [0.3, 0.4) is 0 Å². The molecule has 1 aromatic heterocycles. The molecular formula is C21H26ClN3O2. The summed E-state index contributed by atoms with van der Waals surface area (Å²) in [6.45, 7) is 1.51. The normalized spacial score (nSPS) is 23.9. The molecule has 27 heavy (non-hydrogen) atoms. The number of carbonyl (C=O) groups is 1. The van der Waals surface area contributed by atoms with Crippen molar-refractivity contribution >= 4 is 34.2 Å². The molecule has 0 spiro atoms. The smallest absolute Gasteiger partial charge is 0.223 e. The van der Waals surface area contributed by atoms with Crippen molar-refractivity contribution in [2.75, 3.05) is 18.5 Å². The largest absolute Gasteiger partial charge is 0.381 e. The summed E-state index contributed by atoms with van der Waals surface area (Å²) in [4.78, 5) is 17.2. The number of nitrogens with one attached hydrogen (secondary N) is 2. The van der Waals surface area contributed by atoms with Gasteiger partial charge in [-0.25, -0.2) is 4.98 Å². The van der Waals surface area contributed by atoms with Gasteiger partial charge >= 0.3 is 0 Å². The topological polar surface area (TPSA) is 63.2 Å². The second-order valence-electron chi connectivity index (χ2n) is 7.62. The Bertz CT molecular complexity index is 799. The van der Waals surface area contributed by atoms with Crippen LogP contribution in [0.2, 0.25) is 5.02 Å². The van der Waals surface area contributed by atoms with Crippen LogP contribution in [0.4, 0.5) is 5.82 Å². The lowest BCUT2D eigenvalue weighted by molar-refractivity contribution is -0.127. The molecule has 2 N–H and O–H groups in total. The number of amides is 1. The number of benzene rings is 1. The van der Waals surface area contributed by atoms with Gasteiger partial charge < -0.3 is 15.4 Å². The van der Waals surface area contributed by atoms with Gasteiger partial charge in [0.2, 0.25) is 5.91 Å². The fourth-order valence-electron chi connectivity index (χ4n) is 4.05. The number of carbonyl (C=O) groups excluding carboxylic acids is 1. The molecular weight excluding hydrogens is 362 g/mol. The first-order chi connectivity index (χ1) is 13.2. The summed E-state index contributed by atoms with van der Waals surface area (Å²) < 4.78 is 5.36. The van der Waals surface area contributed by atoms with Crippen molar-refractivity contribution in [3.05, 3.63) is 35.4 Å². The first kappa shape index (κ1) is 18.5. The van der Waals surface area contributed by atoms with Gasteiger partial charge in [-0.1, -0.05) is 11.6 Å². The van der Waals surface area contributed by atoms with E-state index in [1.165, 1.54) is 0 Å². The van der Waals surface area contributed by atoms with Crippen molar-refractivity contribution in [3.63, 3.8) is 0 Å². The number of fused-ring (bicyclic) bond motifs is 1. The van der Waals surface area contributed by atoms with Crippen LogP contribution in [-0.4, -0.2) is 36.2 Å². The van der Waals surface area contributed by atoms with E-state index >= 15 is 0 Å². The van der Waals surface area contributed by atoms with Crippen molar-refractivity contribution in [2.45, 2.75) is 50.6 Å². The molecule has 4 rings (SSSR count). The standard InChI is InChI=1S/C21H26ClN3O2/c22-16-4-7-19-15(13-16)3-8-20(25-19)23-17-5-1-14(2-6-17)21(26)24-18-9-11-27-12-10-18/h3-4,7-8,13-14,17-18H,1-2,5-6,9-12H2,(H,23,25)(H,24,26). The van der Waals surface area contributed by atoms with Gasteiger partial charge in [0.1, 0.15) is 5.82 Å². The maximum Gasteiger partial charge on any atom is 0.223 e. The number of ether oxygens (including phenoxy) is 1. The van der Waals surface area contributed by atoms with E-state index in [0.717, 1.165) is 73.5 Å². The van der Waals surface area contributed by atoms with E-state index in [4.69, 9.17) is 16.3 Å². The molecule has 2 fully saturated rings. The summed E-state index contributed by atoms with van der Waals surface area (Å²) in [6, 6.07) is 10.4. The Labute approximate surface area is 164 Å². The minimum atomic E-state index is 0.137. The van der Waals surface area contributed by atoms with Crippen LogP contribution in [0.5, 0.6) is 0 Å². The maximum atomic E-state index is 12.5. The first-order valence-electron chi connectivity index (χ1n) is 9.88. The van der Waals surface area contributed by atoms with Crippen molar-refractivity contribution < 1.29 is 9.53 Å². The Balaban J connectivity index is 1.29.